The third-order valence-electron chi connectivity index (χ3n) is 7.79. The number of hydrogen-bond acceptors (Lipinski definition) is 5. The van der Waals surface area contributed by atoms with Gasteiger partial charge in [0.25, 0.3) is 0 Å². The smallest absolute Gasteiger partial charge is 0.172 e. The van der Waals surface area contributed by atoms with Gasteiger partial charge in [0.1, 0.15) is 23.9 Å². The molecule has 4 aromatic carbocycles. The molecule has 3 aliphatic rings. The molecule has 0 unspecified atom stereocenters. The van der Waals surface area contributed by atoms with Crippen LogP contribution >= 0.6 is 34.8 Å². The highest BCUT2D eigenvalue weighted by Gasteiger charge is 2.19. The van der Waals surface area contributed by atoms with Gasteiger partial charge in [-0.3, -0.25) is 0 Å². The number of rotatable bonds is 4. The highest BCUT2D eigenvalue weighted by Crippen LogP contribution is 2.42. The van der Waals surface area contributed by atoms with Crippen LogP contribution in [0.1, 0.15) is 61.1 Å². The molecule has 5 nitrogen and oxygen atoms in total. The predicted molar refractivity (Wildman–Crippen MR) is 201 cm³/mol. The minimum absolute atomic E-state index is 0.0436. The van der Waals surface area contributed by atoms with Crippen LogP contribution in [0.5, 0.6) is 40.2 Å². The molecule has 8 heteroatoms. The van der Waals surface area contributed by atoms with Crippen molar-refractivity contribution in [3.63, 3.8) is 0 Å². The third-order valence-corrected chi connectivity index (χ3v) is 8.67. The lowest BCUT2D eigenvalue weighted by molar-refractivity contribution is 0.232. The van der Waals surface area contributed by atoms with Crippen molar-refractivity contribution in [3.05, 3.63) is 121 Å². The van der Waals surface area contributed by atoms with Gasteiger partial charge < -0.3 is 23.7 Å². The van der Waals surface area contributed by atoms with Crippen molar-refractivity contribution in [2.75, 3.05) is 6.61 Å². The van der Waals surface area contributed by atoms with Crippen LogP contribution in [0.4, 0.5) is 0 Å². The lowest BCUT2D eigenvalue weighted by Gasteiger charge is -2.20. The molecule has 0 radical (unpaired) electrons. The van der Waals surface area contributed by atoms with Gasteiger partial charge in [-0.05, 0) is 132 Å². The summed E-state index contributed by atoms with van der Waals surface area (Å²) in [6.07, 6.45) is 7.82. The van der Waals surface area contributed by atoms with Crippen LogP contribution < -0.4 is 23.7 Å². The summed E-state index contributed by atoms with van der Waals surface area (Å²) in [6.45, 7) is 14.3. The van der Waals surface area contributed by atoms with Crippen LogP contribution in [-0.4, -0.2) is 18.8 Å². The number of hydrogen-bond donors (Lipinski definition) is 0. The molecule has 0 aromatic heterocycles. The Morgan fingerprint density at radius 1 is 0.653 bits per heavy atom. The van der Waals surface area contributed by atoms with Gasteiger partial charge in [-0.1, -0.05) is 59.1 Å². The summed E-state index contributed by atoms with van der Waals surface area (Å²) >= 11 is 20.2. The lowest BCUT2D eigenvalue weighted by Crippen LogP contribution is -2.08. The second kappa shape index (κ2) is 16.3. The van der Waals surface area contributed by atoms with Gasteiger partial charge in [-0.15, -0.1) is 0 Å². The van der Waals surface area contributed by atoms with E-state index in [0.717, 1.165) is 33.4 Å². The van der Waals surface area contributed by atoms with Crippen molar-refractivity contribution in [1.82, 2.24) is 0 Å². The van der Waals surface area contributed by atoms with E-state index in [-0.39, 0.29) is 18.8 Å². The fraction of sp³-hybridized carbons (Fsp3) is 0.317. The van der Waals surface area contributed by atoms with Crippen molar-refractivity contribution in [3.8, 4) is 40.2 Å². The molecule has 0 amide bonds. The molecule has 0 spiro atoms. The number of fused-ring (bicyclic) bond motifs is 2. The molecule has 3 aliphatic heterocycles. The fourth-order valence-corrected chi connectivity index (χ4v) is 6.28. The number of halogens is 3. The monoisotopic (exact) mass is 720 g/mol. The van der Waals surface area contributed by atoms with Gasteiger partial charge >= 0.3 is 0 Å². The zero-order chi connectivity index (χ0) is 35.2. The van der Waals surface area contributed by atoms with E-state index in [4.69, 9.17) is 58.5 Å². The first kappa shape index (κ1) is 36.5. The Hall–Kier alpha value is -3.77. The van der Waals surface area contributed by atoms with Crippen LogP contribution in [0.2, 0.25) is 10.0 Å². The van der Waals surface area contributed by atoms with E-state index in [1.165, 1.54) is 0 Å². The van der Waals surface area contributed by atoms with Gasteiger partial charge in [0.05, 0.1) is 22.3 Å². The fourth-order valence-electron chi connectivity index (χ4n) is 5.59. The Balaban J connectivity index is 1.58. The van der Waals surface area contributed by atoms with Crippen LogP contribution in [0, 0.1) is 20.8 Å². The average Bonchev–Trinajstić information content (AvgIpc) is 3.00. The van der Waals surface area contributed by atoms with Crippen LogP contribution in [0.25, 0.3) is 0 Å². The van der Waals surface area contributed by atoms with Crippen LogP contribution in [0.15, 0.2) is 77.9 Å². The topological polar surface area (TPSA) is 46.2 Å². The minimum atomic E-state index is -0.0667. The van der Waals surface area contributed by atoms with Crippen LogP contribution in [-0.2, 0) is 19.3 Å². The first-order valence-corrected chi connectivity index (χ1v) is 17.7. The maximum absolute atomic E-state index is 6.75. The number of allylic oxidation sites excluding steroid dienone is 3. The molecule has 7 rings (SSSR count). The summed E-state index contributed by atoms with van der Waals surface area (Å²) in [7, 11) is 0. The molecule has 0 saturated heterocycles. The SMILES string of the molecule is Cc1cc2c(c(OC(C)C)c1)Oc1ccc(cc1Cl)OC/C=C(/Cl)Cc1cc(C)c(c(OC(C)C)c1)Oc1cc(c(C)cc1Cl)C/C=C\C2. The first-order valence-electron chi connectivity index (χ1n) is 16.5. The number of benzene rings is 4. The van der Waals surface area contributed by atoms with Crippen molar-refractivity contribution in [2.45, 2.75) is 79.9 Å². The van der Waals surface area contributed by atoms with Gasteiger partial charge in [-0.25, -0.2) is 0 Å². The Morgan fingerprint density at radius 3 is 2.00 bits per heavy atom. The second-order valence-corrected chi connectivity index (χ2v) is 14.1. The molecule has 0 saturated carbocycles. The quantitative estimate of drug-likeness (QED) is 0.196. The maximum atomic E-state index is 6.75. The summed E-state index contributed by atoms with van der Waals surface area (Å²) in [5.74, 6) is 4.21. The normalized spacial score (nSPS) is 15.4. The molecule has 0 atom stereocenters. The summed E-state index contributed by atoms with van der Waals surface area (Å²) in [4.78, 5) is 0. The van der Waals surface area contributed by atoms with Gasteiger partial charge in [0.2, 0.25) is 0 Å². The summed E-state index contributed by atoms with van der Waals surface area (Å²) in [5, 5.41) is 1.58. The zero-order valence-corrected chi connectivity index (χ0v) is 31.4. The number of ether oxygens (including phenoxy) is 5. The Bertz CT molecular complexity index is 1880. The Labute approximate surface area is 305 Å². The first-order chi connectivity index (χ1) is 23.4. The molecule has 3 heterocycles. The third kappa shape index (κ3) is 9.69. The van der Waals surface area contributed by atoms with Crippen molar-refractivity contribution < 1.29 is 23.7 Å². The molecular formula is C41H43Cl3O5. The van der Waals surface area contributed by atoms with E-state index < -0.39 is 0 Å². The second-order valence-electron chi connectivity index (χ2n) is 12.8. The van der Waals surface area contributed by atoms with Crippen molar-refractivity contribution in [1.29, 1.82) is 0 Å². The van der Waals surface area contributed by atoms with Crippen molar-refractivity contribution >= 4 is 34.8 Å². The molecule has 49 heavy (non-hydrogen) atoms. The Kier molecular flexibility index (Phi) is 12.1. The number of aryl methyl sites for hydroxylation is 3. The van der Waals surface area contributed by atoms with Crippen LogP contribution in [0.3, 0.4) is 0 Å². The minimum Gasteiger partial charge on any atom is -0.489 e. The van der Waals surface area contributed by atoms with E-state index >= 15 is 0 Å². The van der Waals surface area contributed by atoms with E-state index in [9.17, 15) is 0 Å². The molecule has 258 valence electrons. The van der Waals surface area contributed by atoms with E-state index in [0.29, 0.717) is 74.6 Å². The largest absolute Gasteiger partial charge is 0.489 e. The maximum Gasteiger partial charge on any atom is 0.172 e. The molecule has 0 N–H and O–H groups in total. The van der Waals surface area contributed by atoms with Crippen molar-refractivity contribution in [2.24, 2.45) is 0 Å². The van der Waals surface area contributed by atoms with Gasteiger partial charge in [0.15, 0.2) is 23.0 Å². The zero-order valence-electron chi connectivity index (χ0n) is 29.1. The molecule has 0 aliphatic carbocycles. The van der Waals surface area contributed by atoms with E-state index in [1.807, 2.05) is 77.1 Å². The molecular weight excluding hydrogens is 679 g/mol. The van der Waals surface area contributed by atoms with E-state index in [2.05, 4.69) is 38.1 Å². The summed E-state index contributed by atoms with van der Waals surface area (Å²) in [6, 6.07) is 17.5. The lowest BCUT2D eigenvalue weighted by atomic mass is 10.0. The molecule has 6 bridgehead atoms. The highest BCUT2D eigenvalue weighted by atomic mass is 35.5. The average molecular weight is 722 g/mol. The Morgan fingerprint density at radius 2 is 1.31 bits per heavy atom. The summed E-state index contributed by atoms with van der Waals surface area (Å²) in [5.41, 5.74) is 6.11. The van der Waals surface area contributed by atoms with E-state index in [1.54, 1.807) is 6.07 Å². The predicted octanol–water partition coefficient (Wildman–Crippen LogP) is 12.5. The summed E-state index contributed by atoms with van der Waals surface area (Å²) < 4.78 is 31.5. The van der Waals surface area contributed by atoms with Gasteiger partial charge in [0, 0.05) is 23.1 Å². The van der Waals surface area contributed by atoms with Gasteiger partial charge in [-0.2, -0.15) is 0 Å². The molecule has 4 aromatic rings. The molecule has 0 fully saturated rings. The standard InChI is InChI=1S/C41H43Cl3O5/c1-24(2)46-38-17-26(5)16-31-11-9-8-10-30-22-37(34(43)19-27(30)6)49-40-28(7)18-29(21-39(40)47-25(3)4)20-32(42)14-15-45-33-12-13-36(35(44)23-33)48-41(31)38/h8-9,12-14,16-19,21-25H,10-11,15,20H2,1-7H3/b9-8-,32-14+. The highest BCUT2D eigenvalue weighted by molar-refractivity contribution is 6.32.